The quantitative estimate of drug-likeness (QED) is 0.756. The van der Waals surface area contributed by atoms with Gasteiger partial charge in [0.25, 0.3) is 0 Å². The number of carbonyl (C=O) groups is 1. The average molecular weight is 360 g/mol. The average Bonchev–Trinajstić information content (AvgIpc) is 2.98. The summed E-state index contributed by atoms with van der Waals surface area (Å²) in [5.74, 6) is -0.995. The number of alkyl halides is 3. The molecule has 0 fully saturated rings. The van der Waals surface area contributed by atoms with Gasteiger partial charge in [-0.2, -0.15) is 13.2 Å². The molecule has 124 valence electrons. The summed E-state index contributed by atoms with van der Waals surface area (Å²) in [4.78, 5) is 15.1. The Balaban J connectivity index is 2.00. The number of urea groups is 1. The van der Waals surface area contributed by atoms with Crippen LogP contribution in [0.4, 0.5) is 23.7 Å². The van der Waals surface area contributed by atoms with Gasteiger partial charge in [-0.15, -0.1) is 23.1 Å². The van der Waals surface area contributed by atoms with Crippen molar-refractivity contribution in [2.24, 2.45) is 0 Å². The van der Waals surface area contributed by atoms with Crippen LogP contribution in [0.15, 0.2) is 46.7 Å². The molecule has 1 aromatic heterocycles. The summed E-state index contributed by atoms with van der Waals surface area (Å²) in [5, 5.41) is 4.58. The number of hydrogen-bond donors (Lipinski definition) is 1. The van der Waals surface area contributed by atoms with Crippen LogP contribution in [-0.4, -0.2) is 29.9 Å². The van der Waals surface area contributed by atoms with E-state index in [1.165, 1.54) is 16.2 Å². The second-order valence-corrected chi connectivity index (χ2v) is 6.82. The third-order valence-corrected chi connectivity index (χ3v) is 4.84. The predicted octanol–water partition coefficient (Wildman–Crippen LogP) is 5.07. The minimum absolute atomic E-state index is 0.363. The van der Waals surface area contributed by atoms with Gasteiger partial charge in [0.2, 0.25) is 0 Å². The van der Waals surface area contributed by atoms with Crippen molar-refractivity contribution in [3.05, 3.63) is 46.7 Å². The van der Waals surface area contributed by atoms with Gasteiger partial charge in [0, 0.05) is 16.8 Å². The molecule has 2 amide bonds. The lowest BCUT2D eigenvalue weighted by molar-refractivity contribution is -0.105. The van der Waals surface area contributed by atoms with Crippen LogP contribution >= 0.6 is 23.1 Å². The first-order valence-electron chi connectivity index (χ1n) is 6.68. The van der Waals surface area contributed by atoms with Crippen LogP contribution in [-0.2, 0) is 6.54 Å². The van der Waals surface area contributed by atoms with Crippen molar-refractivity contribution < 1.29 is 18.0 Å². The highest BCUT2D eigenvalue weighted by Gasteiger charge is 2.27. The number of amides is 2. The molecule has 0 saturated carbocycles. The van der Waals surface area contributed by atoms with E-state index in [4.69, 9.17) is 0 Å². The summed E-state index contributed by atoms with van der Waals surface area (Å²) in [6, 6.07) is 9.92. The first-order valence-corrected chi connectivity index (χ1v) is 8.55. The van der Waals surface area contributed by atoms with Crippen molar-refractivity contribution >= 4 is 34.8 Å². The van der Waals surface area contributed by atoms with Gasteiger partial charge in [-0.1, -0.05) is 18.2 Å². The van der Waals surface area contributed by atoms with Crippen molar-refractivity contribution in [1.82, 2.24) is 4.90 Å². The fraction of sp³-hybridized carbons (Fsp3) is 0.267. The van der Waals surface area contributed by atoms with Crippen LogP contribution in [0.1, 0.15) is 4.88 Å². The maximum atomic E-state index is 12.4. The number of benzene rings is 1. The largest absolute Gasteiger partial charge is 0.398 e. The lowest BCUT2D eigenvalue weighted by atomic mass is 10.3. The molecule has 1 aromatic carbocycles. The molecule has 0 aliphatic heterocycles. The molecular formula is C15H15F3N2OS2. The maximum absolute atomic E-state index is 12.4. The predicted molar refractivity (Wildman–Crippen MR) is 88.0 cm³/mol. The number of rotatable bonds is 5. The highest BCUT2D eigenvalue weighted by atomic mass is 32.2. The third-order valence-electron chi connectivity index (χ3n) is 2.84. The Morgan fingerprint density at radius 3 is 2.65 bits per heavy atom. The molecule has 1 heterocycles. The zero-order valence-corrected chi connectivity index (χ0v) is 13.9. The summed E-state index contributed by atoms with van der Waals surface area (Å²) < 4.78 is 37.1. The smallest absolute Gasteiger partial charge is 0.322 e. The van der Waals surface area contributed by atoms with Gasteiger partial charge >= 0.3 is 12.2 Å². The van der Waals surface area contributed by atoms with Crippen LogP contribution in [0, 0.1) is 0 Å². The van der Waals surface area contributed by atoms with E-state index < -0.39 is 11.9 Å². The molecule has 3 nitrogen and oxygen atoms in total. The first-order chi connectivity index (χ1) is 10.8. The molecule has 0 unspecified atom stereocenters. The van der Waals surface area contributed by atoms with E-state index in [0.29, 0.717) is 28.9 Å². The van der Waals surface area contributed by atoms with Gasteiger partial charge in [-0.3, -0.25) is 0 Å². The summed E-state index contributed by atoms with van der Waals surface area (Å²) in [6.07, 6.45) is -4.25. The summed E-state index contributed by atoms with van der Waals surface area (Å²) in [7, 11) is 1.64. The molecule has 0 aliphatic carbocycles. The number of thioether (sulfide) groups is 1. The Kier molecular flexibility index (Phi) is 5.95. The molecule has 2 aromatic rings. The maximum Gasteiger partial charge on any atom is 0.398 e. The lowest BCUT2D eigenvalue weighted by Crippen LogP contribution is -2.30. The molecule has 0 radical (unpaired) electrons. The normalized spacial score (nSPS) is 11.3. The molecule has 0 atom stereocenters. The van der Waals surface area contributed by atoms with Gasteiger partial charge in [0.15, 0.2) is 0 Å². The molecule has 0 bridgehead atoms. The number of halogens is 3. The van der Waals surface area contributed by atoms with Crippen molar-refractivity contribution in [1.29, 1.82) is 0 Å². The number of para-hydroxylation sites is 1. The Morgan fingerprint density at radius 1 is 1.26 bits per heavy atom. The zero-order chi connectivity index (χ0) is 16.9. The van der Waals surface area contributed by atoms with E-state index in [9.17, 15) is 18.0 Å². The Bertz CT molecular complexity index is 644. The summed E-state index contributed by atoms with van der Waals surface area (Å²) >= 11 is 2.20. The zero-order valence-electron chi connectivity index (χ0n) is 12.3. The molecule has 0 aliphatic rings. The van der Waals surface area contributed by atoms with Gasteiger partial charge < -0.3 is 10.2 Å². The fourth-order valence-corrected chi connectivity index (χ4v) is 3.30. The lowest BCUT2D eigenvalue weighted by Gasteiger charge is -2.18. The van der Waals surface area contributed by atoms with E-state index in [1.807, 2.05) is 17.5 Å². The first kappa shape index (κ1) is 17.7. The molecule has 23 heavy (non-hydrogen) atoms. The SMILES string of the molecule is CN(Cc1cccs1)C(=O)Nc1ccccc1SCC(F)(F)F. The van der Waals surface area contributed by atoms with Crippen molar-refractivity contribution in [3.8, 4) is 0 Å². The standard InChI is InChI=1S/C15H15F3N2OS2/c1-20(9-11-5-4-8-22-11)14(21)19-12-6-2-3-7-13(12)23-10-15(16,17)18/h2-8H,9-10H2,1H3,(H,19,21). The van der Waals surface area contributed by atoms with Crippen LogP contribution in [0.5, 0.6) is 0 Å². The second kappa shape index (κ2) is 7.74. The minimum Gasteiger partial charge on any atom is -0.322 e. The molecule has 1 N–H and O–H groups in total. The molecular weight excluding hydrogens is 345 g/mol. The fourth-order valence-electron chi connectivity index (χ4n) is 1.77. The van der Waals surface area contributed by atoms with Gasteiger partial charge in [0.05, 0.1) is 18.0 Å². The Morgan fingerprint density at radius 2 is 2.00 bits per heavy atom. The topological polar surface area (TPSA) is 32.3 Å². The van der Waals surface area contributed by atoms with Crippen LogP contribution in [0.3, 0.4) is 0 Å². The van der Waals surface area contributed by atoms with E-state index in [-0.39, 0.29) is 6.03 Å². The third kappa shape index (κ3) is 5.80. The van der Waals surface area contributed by atoms with E-state index in [2.05, 4.69) is 5.32 Å². The molecule has 0 saturated heterocycles. The van der Waals surface area contributed by atoms with E-state index in [0.717, 1.165) is 4.88 Å². The number of thiophene rings is 1. The number of hydrogen-bond acceptors (Lipinski definition) is 3. The molecule has 2 rings (SSSR count). The van der Waals surface area contributed by atoms with Crippen molar-refractivity contribution in [2.75, 3.05) is 18.1 Å². The van der Waals surface area contributed by atoms with E-state index >= 15 is 0 Å². The van der Waals surface area contributed by atoms with Gasteiger partial charge in [-0.05, 0) is 23.6 Å². The van der Waals surface area contributed by atoms with Gasteiger partial charge in [0.1, 0.15) is 0 Å². The Labute approximate surface area is 140 Å². The summed E-state index contributed by atoms with van der Waals surface area (Å²) in [5.41, 5.74) is 0.379. The molecule has 8 heteroatoms. The number of nitrogens with zero attached hydrogens (tertiary/aromatic N) is 1. The van der Waals surface area contributed by atoms with Crippen LogP contribution in [0.25, 0.3) is 0 Å². The number of carbonyl (C=O) groups excluding carboxylic acids is 1. The minimum atomic E-state index is -4.25. The summed E-state index contributed by atoms with van der Waals surface area (Å²) in [6.45, 7) is 0.446. The highest BCUT2D eigenvalue weighted by molar-refractivity contribution is 7.99. The van der Waals surface area contributed by atoms with Crippen molar-refractivity contribution in [3.63, 3.8) is 0 Å². The van der Waals surface area contributed by atoms with Crippen molar-refractivity contribution in [2.45, 2.75) is 17.6 Å². The molecule has 0 spiro atoms. The second-order valence-electron chi connectivity index (χ2n) is 4.77. The van der Waals surface area contributed by atoms with Gasteiger partial charge in [-0.25, -0.2) is 4.79 Å². The number of nitrogens with one attached hydrogen (secondary N) is 1. The van der Waals surface area contributed by atoms with Crippen LogP contribution in [0.2, 0.25) is 0 Å². The van der Waals surface area contributed by atoms with Crippen LogP contribution < -0.4 is 5.32 Å². The monoisotopic (exact) mass is 360 g/mol. The number of anilines is 1. The van der Waals surface area contributed by atoms with E-state index in [1.54, 1.807) is 31.3 Å². The Hall–Kier alpha value is -1.67. The highest BCUT2D eigenvalue weighted by Crippen LogP contribution is 2.32.